The Labute approximate surface area is 234 Å². The molecule has 1 aromatic heterocycles. The summed E-state index contributed by atoms with van der Waals surface area (Å²) in [5.41, 5.74) is 0.947. The highest BCUT2D eigenvalue weighted by atomic mass is 19.1. The number of rotatable bonds is 12. The first-order chi connectivity index (χ1) is 19.3. The van der Waals surface area contributed by atoms with E-state index in [2.05, 4.69) is 34.4 Å². The highest BCUT2D eigenvalue weighted by Gasteiger charge is 2.17. The number of nitrogens with zero attached hydrogens (tertiary/aromatic N) is 2. The fraction of sp³-hybridized carbons (Fsp3) is 0.467. The zero-order valence-corrected chi connectivity index (χ0v) is 23.4. The first-order valence-electron chi connectivity index (χ1n) is 13.8. The van der Waals surface area contributed by atoms with Gasteiger partial charge in [0.25, 0.3) is 0 Å². The minimum absolute atomic E-state index is 0.0165. The number of hydrogen-bond acceptors (Lipinski definition) is 7. The van der Waals surface area contributed by atoms with E-state index in [0.717, 1.165) is 45.3 Å². The van der Waals surface area contributed by atoms with Crippen molar-refractivity contribution in [2.24, 2.45) is 5.92 Å². The number of ether oxygens (including phenoxy) is 3. The average Bonchev–Trinajstić information content (AvgIpc) is 2.93. The summed E-state index contributed by atoms with van der Waals surface area (Å²) in [4.78, 5) is 18.8. The van der Waals surface area contributed by atoms with Crippen LogP contribution in [0.15, 0.2) is 42.6 Å². The normalized spacial score (nSPS) is 14.3. The van der Waals surface area contributed by atoms with Crippen LogP contribution in [-0.2, 0) is 0 Å². The number of aliphatic hydroxyl groups excluding tert-OH is 1. The highest BCUT2D eigenvalue weighted by molar-refractivity contribution is 5.90. The number of hydrogen-bond donors (Lipinski definition) is 3. The van der Waals surface area contributed by atoms with Gasteiger partial charge in [-0.15, -0.1) is 0 Å². The van der Waals surface area contributed by atoms with Crippen LogP contribution >= 0.6 is 0 Å². The molecule has 40 heavy (non-hydrogen) atoms. The Morgan fingerprint density at radius 2 is 1.93 bits per heavy atom. The molecule has 0 unspecified atom stereocenters. The Kier molecular flexibility index (Phi) is 10.4. The van der Waals surface area contributed by atoms with Gasteiger partial charge < -0.3 is 34.9 Å². The van der Waals surface area contributed by atoms with Crippen molar-refractivity contribution < 1.29 is 28.5 Å². The Hall–Kier alpha value is -3.63. The number of likely N-dealkylation sites (tertiary alicyclic amines) is 1. The summed E-state index contributed by atoms with van der Waals surface area (Å²) in [5, 5.41) is 15.7. The second-order valence-corrected chi connectivity index (χ2v) is 10.4. The maximum absolute atomic E-state index is 14.9. The van der Waals surface area contributed by atoms with Crippen molar-refractivity contribution >= 4 is 22.6 Å². The van der Waals surface area contributed by atoms with Gasteiger partial charge in [0.15, 0.2) is 23.1 Å². The summed E-state index contributed by atoms with van der Waals surface area (Å²) in [7, 11) is 1.56. The van der Waals surface area contributed by atoms with Crippen molar-refractivity contribution in [1.29, 1.82) is 0 Å². The topological polar surface area (TPSA) is 105 Å². The largest absolute Gasteiger partial charge is 0.493 e. The van der Waals surface area contributed by atoms with Crippen molar-refractivity contribution in [3.05, 3.63) is 48.4 Å². The molecule has 1 fully saturated rings. The Morgan fingerprint density at radius 3 is 2.65 bits per heavy atom. The number of fused-ring (bicyclic) bond motifs is 1. The SMILES string of the molecule is COc1cc2c(Oc3ccc(NC(=O)NCCC(C)C)cc3F)ccnc2cc1OCCCN1CCC(O)CC1. The van der Waals surface area contributed by atoms with E-state index < -0.39 is 5.82 Å². The molecule has 1 saturated heterocycles. The van der Waals surface area contributed by atoms with Crippen molar-refractivity contribution in [1.82, 2.24) is 15.2 Å². The second-order valence-electron chi connectivity index (χ2n) is 10.4. The Morgan fingerprint density at radius 1 is 1.12 bits per heavy atom. The number of piperidine rings is 1. The van der Waals surface area contributed by atoms with Gasteiger partial charge >= 0.3 is 6.03 Å². The molecule has 216 valence electrons. The molecule has 1 aliphatic rings. The number of pyridine rings is 1. The highest BCUT2D eigenvalue weighted by Crippen LogP contribution is 2.38. The van der Waals surface area contributed by atoms with E-state index in [4.69, 9.17) is 14.2 Å². The fourth-order valence-electron chi connectivity index (χ4n) is 4.53. The average molecular weight is 555 g/mol. The smallest absolute Gasteiger partial charge is 0.319 e. The van der Waals surface area contributed by atoms with Gasteiger partial charge in [-0.2, -0.15) is 0 Å². The van der Waals surface area contributed by atoms with Gasteiger partial charge in [0.1, 0.15) is 5.75 Å². The van der Waals surface area contributed by atoms with Gasteiger partial charge in [0.2, 0.25) is 0 Å². The summed E-state index contributed by atoms with van der Waals surface area (Å²) < 4.78 is 32.4. The Balaban J connectivity index is 1.39. The predicted octanol–water partition coefficient (Wildman–Crippen LogP) is 5.57. The molecule has 3 N–H and O–H groups in total. The number of benzene rings is 2. The third kappa shape index (κ3) is 8.19. The lowest BCUT2D eigenvalue weighted by molar-refractivity contribution is 0.0799. The standard InChI is InChI=1S/C30H39FN4O5/c1-20(2)7-11-33-30(37)34-21-5-6-27(24(31)17-21)40-26-8-12-32-25-19-29(28(38-3)18-23(25)26)39-16-4-13-35-14-9-22(36)10-15-35/h5-6,8,12,17-20,22,36H,4,7,9-11,13-16H2,1-3H3,(H2,33,34,37). The van der Waals surface area contributed by atoms with Crippen LogP contribution in [-0.4, -0.2) is 67.0 Å². The molecule has 9 nitrogen and oxygen atoms in total. The zero-order chi connectivity index (χ0) is 28.5. The lowest BCUT2D eigenvalue weighted by Crippen LogP contribution is -2.36. The fourth-order valence-corrected chi connectivity index (χ4v) is 4.53. The molecule has 0 atom stereocenters. The molecule has 2 aromatic carbocycles. The van der Waals surface area contributed by atoms with Gasteiger partial charge in [-0.25, -0.2) is 9.18 Å². The number of amides is 2. The van der Waals surface area contributed by atoms with Gasteiger partial charge in [-0.3, -0.25) is 4.98 Å². The summed E-state index contributed by atoms with van der Waals surface area (Å²) in [6, 6.07) is 9.12. The van der Waals surface area contributed by atoms with Crippen LogP contribution in [0.2, 0.25) is 0 Å². The molecule has 0 radical (unpaired) electrons. The van der Waals surface area contributed by atoms with Crippen molar-refractivity contribution in [3.63, 3.8) is 0 Å². The molecular formula is C30H39FN4O5. The van der Waals surface area contributed by atoms with Crippen LogP contribution in [0, 0.1) is 11.7 Å². The number of urea groups is 1. The van der Waals surface area contributed by atoms with Crippen LogP contribution < -0.4 is 24.8 Å². The van der Waals surface area contributed by atoms with Crippen LogP contribution in [0.3, 0.4) is 0 Å². The van der Waals surface area contributed by atoms with E-state index in [1.165, 1.54) is 12.1 Å². The summed E-state index contributed by atoms with van der Waals surface area (Å²) >= 11 is 0. The van der Waals surface area contributed by atoms with Crippen molar-refractivity contribution in [2.75, 3.05) is 45.2 Å². The van der Waals surface area contributed by atoms with E-state index in [-0.39, 0.29) is 17.9 Å². The summed E-state index contributed by atoms with van der Waals surface area (Å²) in [5.74, 6) is 1.39. The van der Waals surface area contributed by atoms with Crippen molar-refractivity contribution in [2.45, 2.75) is 45.6 Å². The number of carbonyl (C=O) groups excluding carboxylic acids is 1. The molecule has 2 amide bonds. The minimum atomic E-state index is -0.611. The number of aromatic nitrogens is 1. The van der Waals surface area contributed by atoms with Crippen molar-refractivity contribution in [3.8, 4) is 23.0 Å². The molecule has 1 aliphatic heterocycles. The number of nitrogens with one attached hydrogen (secondary N) is 2. The lowest BCUT2D eigenvalue weighted by Gasteiger charge is -2.29. The maximum atomic E-state index is 14.9. The number of carbonyl (C=O) groups is 1. The third-order valence-electron chi connectivity index (χ3n) is 6.84. The molecular weight excluding hydrogens is 515 g/mol. The number of methoxy groups -OCH3 is 1. The molecule has 4 rings (SSSR count). The van der Waals surface area contributed by atoms with Crippen LogP contribution in [0.4, 0.5) is 14.9 Å². The van der Waals surface area contributed by atoms with Gasteiger partial charge in [-0.05, 0) is 55.9 Å². The van der Waals surface area contributed by atoms with Crippen LogP contribution in [0.5, 0.6) is 23.0 Å². The van der Waals surface area contributed by atoms with E-state index in [1.54, 1.807) is 37.6 Å². The molecule has 0 saturated carbocycles. The van der Waals surface area contributed by atoms with E-state index >= 15 is 0 Å². The zero-order valence-electron chi connectivity index (χ0n) is 23.4. The second kappa shape index (κ2) is 14.1. The quantitative estimate of drug-likeness (QED) is 0.252. The first-order valence-corrected chi connectivity index (χ1v) is 13.8. The first kappa shape index (κ1) is 29.4. The Bertz CT molecular complexity index is 1280. The van der Waals surface area contributed by atoms with Gasteiger partial charge in [-0.1, -0.05) is 13.8 Å². The number of aliphatic hydroxyl groups is 1. The lowest BCUT2D eigenvalue weighted by atomic mass is 10.1. The molecule has 3 aromatic rings. The molecule has 0 aliphatic carbocycles. The predicted molar refractivity (Wildman–Crippen MR) is 153 cm³/mol. The molecule has 0 spiro atoms. The molecule has 0 bridgehead atoms. The summed E-state index contributed by atoms with van der Waals surface area (Å²) in [6.45, 7) is 7.92. The van der Waals surface area contributed by atoms with E-state index in [0.29, 0.717) is 52.9 Å². The number of halogens is 1. The van der Waals surface area contributed by atoms with Crippen LogP contribution in [0.1, 0.15) is 39.5 Å². The number of anilines is 1. The molecule has 2 heterocycles. The molecule has 10 heteroatoms. The van der Waals surface area contributed by atoms with Gasteiger partial charge in [0, 0.05) is 55.6 Å². The monoisotopic (exact) mass is 554 g/mol. The van der Waals surface area contributed by atoms with Gasteiger partial charge in [0.05, 0.1) is 25.3 Å². The third-order valence-corrected chi connectivity index (χ3v) is 6.84. The van der Waals surface area contributed by atoms with E-state index in [9.17, 15) is 14.3 Å². The maximum Gasteiger partial charge on any atom is 0.319 e. The minimum Gasteiger partial charge on any atom is -0.493 e. The summed E-state index contributed by atoms with van der Waals surface area (Å²) in [6.07, 6.45) is 4.75. The van der Waals surface area contributed by atoms with E-state index in [1.807, 2.05) is 0 Å². The van der Waals surface area contributed by atoms with Crippen LogP contribution in [0.25, 0.3) is 10.9 Å².